The van der Waals surface area contributed by atoms with Crippen molar-refractivity contribution in [1.82, 2.24) is 14.7 Å². The van der Waals surface area contributed by atoms with Crippen molar-refractivity contribution in [3.63, 3.8) is 0 Å². The van der Waals surface area contributed by atoms with Crippen LogP contribution in [-0.2, 0) is 23.1 Å². The maximum atomic E-state index is 12.9. The molecule has 0 spiro atoms. The highest BCUT2D eigenvalue weighted by Crippen LogP contribution is 2.26. The third kappa shape index (κ3) is 3.35. The van der Waals surface area contributed by atoms with Crippen molar-refractivity contribution >= 4 is 11.8 Å². The molecular formula is C17H18FN3O3. The highest BCUT2D eigenvalue weighted by molar-refractivity contribution is 6.03. The second kappa shape index (κ2) is 6.52. The van der Waals surface area contributed by atoms with E-state index in [1.165, 1.54) is 24.3 Å². The zero-order valence-corrected chi connectivity index (χ0v) is 13.2. The number of imide groups is 1. The van der Waals surface area contributed by atoms with Crippen LogP contribution in [0.3, 0.4) is 0 Å². The molecule has 1 aliphatic heterocycles. The lowest BCUT2D eigenvalue weighted by atomic mass is 10.0. The number of amides is 2. The van der Waals surface area contributed by atoms with Gasteiger partial charge in [0.15, 0.2) is 0 Å². The van der Waals surface area contributed by atoms with E-state index < -0.39 is 17.8 Å². The van der Waals surface area contributed by atoms with Gasteiger partial charge in [0.05, 0.1) is 24.8 Å². The summed E-state index contributed by atoms with van der Waals surface area (Å²) in [6.45, 7) is -0.118. The molecule has 2 aromatic rings. The smallest absolute Gasteiger partial charge is 0.233 e. The van der Waals surface area contributed by atoms with Crippen LogP contribution in [0.15, 0.2) is 36.7 Å². The van der Waals surface area contributed by atoms with Gasteiger partial charge in [-0.1, -0.05) is 12.1 Å². The molecule has 0 aliphatic carbocycles. The van der Waals surface area contributed by atoms with Gasteiger partial charge < -0.3 is 5.11 Å². The number of aliphatic hydroxyl groups excluding tert-OH is 1. The average Bonchev–Trinajstić information content (AvgIpc) is 3.06. The fourth-order valence-corrected chi connectivity index (χ4v) is 2.93. The van der Waals surface area contributed by atoms with Crippen LogP contribution in [0, 0.1) is 11.7 Å². The molecule has 7 heteroatoms. The molecule has 1 aromatic heterocycles. The molecule has 1 saturated heterocycles. The first-order valence-corrected chi connectivity index (χ1v) is 7.69. The van der Waals surface area contributed by atoms with Crippen LogP contribution in [0.5, 0.6) is 0 Å². The van der Waals surface area contributed by atoms with Gasteiger partial charge >= 0.3 is 0 Å². The van der Waals surface area contributed by atoms with Crippen molar-refractivity contribution in [2.75, 3.05) is 6.54 Å². The Morgan fingerprint density at radius 3 is 2.67 bits per heavy atom. The quantitative estimate of drug-likeness (QED) is 0.836. The number of aromatic nitrogens is 2. The summed E-state index contributed by atoms with van der Waals surface area (Å²) in [7, 11) is 1.79. The van der Waals surface area contributed by atoms with E-state index in [9.17, 15) is 19.1 Å². The van der Waals surface area contributed by atoms with E-state index in [2.05, 4.69) is 5.10 Å². The number of carbonyl (C=O) groups excluding carboxylic acids is 2. The van der Waals surface area contributed by atoms with Crippen molar-refractivity contribution in [1.29, 1.82) is 0 Å². The lowest BCUT2D eigenvalue weighted by molar-refractivity contribution is -0.141. The molecule has 1 N–H and O–H groups in total. The van der Waals surface area contributed by atoms with Gasteiger partial charge in [0.25, 0.3) is 0 Å². The van der Waals surface area contributed by atoms with E-state index in [0.29, 0.717) is 12.0 Å². The molecule has 24 heavy (non-hydrogen) atoms. The lowest BCUT2D eigenvalue weighted by Gasteiger charge is -2.19. The summed E-state index contributed by atoms with van der Waals surface area (Å²) < 4.78 is 14.6. The Hall–Kier alpha value is -2.54. The first kappa shape index (κ1) is 16.3. The van der Waals surface area contributed by atoms with Crippen LogP contribution in [0.1, 0.15) is 23.7 Å². The maximum Gasteiger partial charge on any atom is 0.233 e. The monoisotopic (exact) mass is 331 g/mol. The number of aryl methyl sites for hydroxylation is 1. The molecule has 2 amide bonds. The van der Waals surface area contributed by atoms with Gasteiger partial charge in [-0.2, -0.15) is 5.10 Å². The molecule has 2 heterocycles. The molecular weight excluding hydrogens is 313 g/mol. The largest absolute Gasteiger partial charge is 0.387 e. The Morgan fingerprint density at radius 1 is 1.33 bits per heavy atom. The summed E-state index contributed by atoms with van der Waals surface area (Å²) >= 11 is 0. The zero-order valence-electron chi connectivity index (χ0n) is 13.2. The predicted molar refractivity (Wildman–Crippen MR) is 83.1 cm³/mol. The molecule has 0 radical (unpaired) electrons. The van der Waals surface area contributed by atoms with Crippen molar-refractivity contribution in [2.24, 2.45) is 13.0 Å². The van der Waals surface area contributed by atoms with Crippen LogP contribution in [0.2, 0.25) is 0 Å². The van der Waals surface area contributed by atoms with Gasteiger partial charge in [0.2, 0.25) is 11.8 Å². The number of rotatable bonds is 5. The molecule has 1 aromatic carbocycles. The van der Waals surface area contributed by atoms with Crippen LogP contribution in [-0.4, -0.2) is 38.1 Å². The molecule has 0 bridgehead atoms. The van der Waals surface area contributed by atoms with Gasteiger partial charge in [0.1, 0.15) is 5.82 Å². The number of nitrogens with zero attached hydrogens (tertiary/aromatic N) is 3. The van der Waals surface area contributed by atoms with Crippen LogP contribution in [0.4, 0.5) is 4.39 Å². The maximum absolute atomic E-state index is 12.9. The highest BCUT2D eigenvalue weighted by Gasteiger charge is 2.39. The minimum absolute atomic E-state index is 0.118. The molecule has 2 atom stereocenters. The third-order valence-electron chi connectivity index (χ3n) is 4.19. The van der Waals surface area contributed by atoms with E-state index in [-0.39, 0.29) is 24.8 Å². The molecule has 126 valence electrons. The van der Waals surface area contributed by atoms with Gasteiger partial charge in [-0.15, -0.1) is 0 Å². The predicted octanol–water partition coefficient (Wildman–Crippen LogP) is 1.21. The second-order valence-electron chi connectivity index (χ2n) is 6.04. The Labute approximate surface area is 138 Å². The summed E-state index contributed by atoms with van der Waals surface area (Å²) in [6, 6.07) is 5.35. The van der Waals surface area contributed by atoms with E-state index >= 15 is 0 Å². The number of carbonyl (C=O) groups is 2. The molecule has 3 rings (SSSR count). The highest BCUT2D eigenvalue weighted by atomic mass is 19.1. The van der Waals surface area contributed by atoms with Crippen molar-refractivity contribution < 1.29 is 19.1 Å². The first-order chi connectivity index (χ1) is 11.4. The molecule has 1 fully saturated rings. The number of hydrogen-bond donors (Lipinski definition) is 1. The van der Waals surface area contributed by atoms with E-state index in [0.717, 1.165) is 10.5 Å². The fourth-order valence-electron chi connectivity index (χ4n) is 2.93. The van der Waals surface area contributed by atoms with Gasteiger partial charge in [0, 0.05) is 19.7 Å². The molecule has 6 nitrogen and oxygen atoms in total. The average molecular weight is 331 g/mol. The number of β-amino-alcohol motifs (C(OH)–C–C–N with tert-alkyl or cyclic N) is 1. The number of aliphatic hydroxyl groups is 1. The minimum Gasteiger partial charge on any atom is -0.387 e. The lowest BCUT2D eigenvalue weighted by Crippen LogP contribution is -2.34. The minimum atomic E-state index is -1.03. The number of likely N-dealkylation sites (tertiary alicyclic amines) is 1. The van der Waals surface area contributed by atoms with Crippen LogP contribution >= 0.6 is 0 Å². The number of hydrogen-bond acceptors (Lipinski definition) is 4. The van der Waals surface area contributed by atoms with Crippen molar-refractivity contribution in [3.8, 4) is 0 Å². The summed E-state index contributed by atoms with van der Waals surface area (Å²) in [5.41, 5.74) is 1.36. The van der Waals surface area contributed by atoms with Crippen LogP contribution in [0.25, 0.3) is 0 Å². The standard InChI is InChI=1S/C17H18FN3O3/c1-20-9-11(8-19-20)6-13-7-16(23)21(17(13)24)10-15(22)12-2-4-14(18)5-3-12/h2-5,8-9,13,15,22H,6-7,10H2,1H3/t13-,15-/m1/s1. The van der Waals surface area contributed by atoms with Gasteiger partial charge in [-0.05, 0) is 29.7 Å². The summed E-state index contributed by atoms with van der Waals surface area (Å²) in [4.78, 5) is 25.7. The molecule has 0 unspecified atom stereocenters. The van der Waals surface area contributed by atoms with Gasteiger partial charge in [-0.25, -0.2) is 4.39 Å². The van der Waals surface area contributed by atoms with Crippen molar-refractivity contribution in [2.45, 2.75) is 18.9 Å². The summed E-state index contributed by atoms with van der Waals surface area (Å²) in [5.74, 6) is -1.42. The van der Waals surface area contributed by atoms with E-state index in [1.54, 1.807) is 17.9 Å². The fraction of sp³-hybridized carbons (Fsp3) is 0.353. The Kier molecular flexibility index (Phi) is 4.44. The molecule has 1 aliphatic rings. The zero-order chi connectivity index (χ0) is 17.3. The Balaban J connectivity index is 1.66. The molecule has 0 saturated carbocycles. The summed E-state index contributed by atoms with van der Waals surface area (Å²) in [6.07, 6.45) is 3.03. The van der Waals surface area contributed by atoms with E-state index in [4.69, 9.17) is 0 Å². The number of benzene rings is 1. The first-order valence-electron chi connectivity index (χ1n) is 7.69. The van der Waals surface area contributed by atoms with Gasteiger partial charge in [-0.3, -0.25) is 19.2 Å². The van der Waals surface area contributed by atoms with Crippen LogP contribution < -0.4 is 0 Å². The normalized spacial score (nSPS) is 19.1. The number of halogens is 1. The van der Waals surface area contributed by atoms with E-state index in [1.807, 2.05) is 6.20 Å². The second-order valence-corrected chi connectivity index (χ2v) is 6.04. The SMILES string of the molecule is Cn1cc(C[C@@H]2CC(=O)N(C[C@@H](O)c3ccc(F)cc3)C2=O)cn1. The topological polar surface area (TPSA) is 75.4 Å². The van der Waals surface area contributed by atoms with Crippen molar-refractivity contribution in [3.05, 3.63) is 53.6 Å². The summed E-state index contributed by atoms with van der Waals surface area (Å²) in [5, 5.41) is 14.3. The third-order valence-corrected chi connectivity index (χ3v) is 4.19. The Bertz CT molecular complexity index is 757. The Morgan fingerprint density at radius 2 is 2.04 bits per heavy atom.